The van der Waals surface area contributed by atoms with Gasteiger partial charge in [-0.15, -0.1) is 0 Å². The van der Waals surface area contributed by atoms with Crippen LogP contribution in [0.15, 0.2) is 58.7 Å². The molecule has 1 aliphatic carbocycles. The number of hydrogen-bond donors (Lipinski definition) is 1. The van der Waals surface area contributed by atoms with Crippen molar-refractivity contribution in [2.75, 3.05) is 0 Å². The molecule has 1 aromatic heterocycles. The third kappa shape index (κ3) is 3.48. The Labute approximate surface area is 136 Å². The molecule has 3 rings (SSSR count). The lowest BCUT2D eigenvalue weighted by Gasteiger charge is -2.00. The number of allylic oxidation sites excluding steroid dienone is 5. The Morgan fingerprint density at radius 2 is 2.12 bits per heavy atom. The predicted octanol–water partition coefficient (Wildman–Crippen LogP) is 4.36. The molecule has 1 aromatic carbocycles. The normalized spacial score (nSPS) is 14.1. The molecule has 6 heteroatoms. The molecule has 1 N–H and O–H groups in total. The van der Waals surface area contributed by atoms with Gasteiger partial charge in [-0.25, -0.2) is 13.8 Å². The summed E-state index contributed by atoms with van der Waals surface area (Å²) in [6.07, 6.45) is 8.79. The van der Waals surface area contributed by atoms with Crippen molar-refractivity contribution in [3.05, 3.63) is 71.8 Å². The first-order valence-corrected chi connectivity index (χ1v) is 7.22. The summed E-state index contributed by atoms with van der Waals surface area (Å²) in [5.41, 5.74) is 1.52. The van der Waals surface area contributed by atoms with Crippen molar-refractivity contribution in [2.45, 2.75) is 12.8 Å². The van der Waals surface area contributed by atoms with Crippen LogP contribution in [0.25, 0.3) is 16.9 Å². The fourth-order valence-electron chi connectivity index (χ4n) is 2.36. The molecule has 24 heavy (non-hydrogen) atoms. The van der Waals surface area contributed by atoms with E-state index >= 15 is 0 Å². The average Bonchev–Trinajstić information content (AvgIpc) is 2.88. The first-order chi connectivity index (χ1) is 11.5. The molecule has 4 nitrogen and oxygen atoms in total. The van der Waals surface area contributed by atoms with Crippen molar-refractivity contribution in [1.82, 2.24) is 4.98 Å². The number of carbonyl (C=O) groups is 1. The van der Waals surface area contributed by atoms with E-state index in [0.29, 0.717) is 17.9 Å². The third-order valence-electron chi connectivity index (χ3n) is 3.50. The van der Waals surface area contributed by atoms with Gasteiger partial charge in [0.05, 0.1) is 18.2 Å². The zero-order valence-electron chi connectivity index (χ0n) is 12.5. The van der Waals surface area contributed by atoms with Crippen molar-refractivity contribution in [1.29, 1.82) is 0 Å². The van der Waals surface area contributed by atoms with Crippen molar-refractivity contribution >= 4 is 11.5 Å². The van der Waals surface area contributed by atoms with Gasteiger partial charge < -0.3 is 9.52 Å². The summed E-state index contributed by atoms with van der Waals surface area (Å²) in [6.45, 7) is 0. The van der Waals surface area contributed by atoms with E-state index in [1.807, 2.05) is 6.08 Å². The largest absolute Gasteiger partial charge is 0.481 e. The highest BCUT2D eigenvalue weighted by atomic mass is 19.1. The minimum Gasteiger partial charge on any atom is -0.481 e. The van der Waals surface area contributed by atoms with Gasteiger partial charge in [0.2, 0.25) is 5.89 Å². The Hall–Kier alpha value is -3.02. The van der Waals surface area contributed by atoms with Gasteiger partial charge in [-0.1, -0.05) is 24.3 Å². The quantitative estimate of drug-likeness (QED) is 0.905. The van der Waals surface area contributed by atoms with E-state index in [2.05, 4.69) is 4.98 Å². The van der Waals surface area contributed by atoms with Gasteiger partial charge in [0.1, 0.15) is 11.6 Å². The summed E-state index contributed by atoms with van der Waals surface area (Å²) in [7, 11) is 0. The summed E-state index contributed by atoms with van der Waals surface area (Å²) >= 11 is 0. The highest BCUT2D eigenvalue weighted by molar-refractivity contribution is 5.72. The zero-order chi connectivity index (χ0) is 17.1. The van der Waals surface area contributed by atoms with Gasteiger partial charge in [0.25, 0.3) is 0 Å². The first-order valence-electron chi connectivity index (χ1n) is 7.22. The molecule has 1 heterocycles. The lowest BCUT2D eigenvalue weighted by Crippen LogP contribution is -1.94. The van der Waals surface area contributed by atoms with Gasteiger partial charge in [0, 0.05) is 11.6 Å². The lowest BCUT2D eigenvalue weighted by atomic mass is 10.1. The van der Waals surface area contributed by atoms with Crippen LogP contribution in [0.4, 0.5) is 8.78 Å². The maximum Gasteiger partial charge on any atom is 0.307 e. The molecule has 122 valence electrons. The van der Waals surface area contributed by atoms with Crippen LogP contribution in [0.1, 0.15) is 18.7 Å². The van der Waals surface area contributed by atoms with Crippen LogP contribution in [0.3, 0.4) is 0 Å². The van der Waals surface area contributed by atoms with Crippen LogP contribution in [-0.4, -0.2) is 16.1 Å². The Bertz CT molecular complexity index is 878. The van der Waals surface area contributed by atoms with Crippen LogP contribution in [-0.2, 0) is 4.79 Å². The standard InChI is InChI=1S/C18H13F2NO3/c19-13-6-7-14(15(20)9-13)16-10-21-18(24-16)12-3-1-2-11(4-5-12)8-17(22)23/h1-2,4-7,9-10H,3,8H2,(H,22,23). The number of aromatic nitrogens is 1. The smallest absolute Gasteiger partial charge is 0.307 e. The molecule has 2 aromatic rings. The van der Waals surface area contributed by atoms with Crippen LogP contribution in [0, 0.1) is 11.6 Å². The van der Waals surface area contributed by atoms with E-state index in [4.69, 9.17) is 9.52 Å². The molecule has 0 radical (unpaired) electrons. The Morgan fingerprint density at radius 3 is 2.88 bits per heavy atom. The maximum absolute atomic E-state index is 13.8. The number of carboxylic acid groups (broad SMARTS) is 1. The van der Waals surface area contributed by atoms with Crippen molar-refractivity contribution in [3.8, 4) is 11.3 Å². The molecule has 0 fully saturated rings. The molecule has 0 spiro atoms. The van der Waals surface area contributed by atoms with E-state index < -0.39 is 17.6 Å². The predicted molar refractivity (Wildman–Crippen MR) is 83.9 cm³/mol. The van der Waals surface area contributed by atoms with E-state index in [-0.39, 0.29) is 17.7 Å². The summed E-state index contributed by atoms with van der Waals surface area (Å²) in [5, 5.41) is 8.83. The number of hydrogen-bond acceptors (Lipinski definition) is 3. The van der Waals surface area contributed by atoms with E-state index in [0.717, 1.165) is 17.7 Å². The SMILES string of the molecule is O=C(O)CC1=CC=C(c2ncc(-c3ccc(F)cc3F)o2)CC=C1. The second-order valence-corrected chi connectivity index (χ2v) is 5.26. The Balaban J connectivity index is 1.88. The molecule has 0 bridgehead atoms. The summed E-state index contributed by atoms with van der Waals surface area (Å²) < 4.78 is 32.4. The fourth-order valence-corrected chi connectivity index (χ4v) is 2.36. The highest BCUT2D eigenvalue weighted by Crippen LogP contribution is 2.28. The fraction of sp³-hybridized carbons (Fsp3) is 0.111. The van der Waals surface area contributed by atoms with E-state index in [1.165, 1.54) is 12.3 Å². The average molecular weight is 329 g/mol. The van der Waals surface area contributed by atoms with Crippen LogP contribution < -0.4 is 0 Å². The monoisotopic (exact) mass is 329 g/mol. The number of aliphatic carboxylic acids is 1. The van der Waals surface area contributed by atoms with E-state index in [9.17, 15) is 13.6 Å². The summed E-state index contributed by atoms with van der Waals surface area (Å²) in [5.74, 6) is -1.79. The molecular formula is C18H13F2NO3. The summed E-state index contributed by atoms with van der Waals surface area (Å²) in [4.78, 5) is 14.9. The van der Waals surface area contributed by atoms with Gasteiger partial charge in [-0.2, -0.15) is 0 Å². The zero-order valence-corrected chi connectivity index (χ0v) is 12.5. The Morgan fingerprint density at radius 1 is 1.29 bits per heavy atom. The van der Waals surface area contributed by atoms with Crippen LogP contribution in [0.5, 0.6) is 0 Å². The minimum atomic E-state index is -0.909. The molecule has 0 amide bonds. The van der Waals surface area contributed by atoms with Crippen LogP contribution >= 0.6 is 0 Å². The van der Waals surface area contributed by atoms with Gasteiger partial charge in [0.15, 0.2) is 5.76 Å². The highest BCUT2D eigenvalue weighted by Gasteiger charge is 2.14. The van der Waals surface area contributed by atoms with Gasteiger partial charge in [-0.3, -0.25) is 4.79 Å². The molecule has 0 saturated heterocycles. The number of halogens is 2. The summed E-state index contributed by atoms with van der Waals surface area (Å²) in [6, 6.07) is 3.22. The first kappa shape index (κ1) is 15.9. The number of benzene rings is 1. The number of rotatable bonds is 4. The van der Waals surface area contributed by atoms with Crippen molar-refractivity contribution in [3.63, 3.8) is 0 Å². The van der Waals surface area contributed by atoms with E-state index in [1.54, 1.807) is 18.2 Å². The molecule has 0 unspecified atom stereocenters. The van der Waals surface area contributed by atoms with Crippen molar-refractivity contribution < 1.29 is 23.1 Å². The minimum absolute atomic E-state index is 0.0715. The molecule has 0 aliphatic heterocycles. The second kappa shape index (κ2) is 6.62. The molecular weight excluding hydrogens is 316 g/mol. The lowest BCUT2D eigenvalue weighted by molar-refractivity contribution is -0.136. The van der Waals surface area contributed by atoms with Crippen LogP contribution in [0.2, 0.25) is 0 Å². The van der Waals surface area contributed by atoms with Gasteiger partial charge in [-0.05, 0) is 24.1 Å². The number of oxazole rings is 1. The third-order valence-corrected chi connectivity index (χ3v) is 3.50. The molecule has 0 atom stereocenters. The number of carboxylic acids is 1. The number of nitrogens with zero attached hydrogens (tertiary/aromatic N) is 1. The topological polar surface area (TPSA) is 63.3 Å². The maximum atomic E-state index is 13.8. The molecule has 0 saturated carbocycles. The van der Waals surface area contributed by atoms with Gasteiger partial charge >= 0.3 is 5.97 Å². The molecule has 1 aliphatic rings. The second-order valence-electron chi connectivity index (χ2n) is 5.26. The Kier molecular flexibility index (Phi) is 4.37. The van der Waals surface area contributed by atoms with Crippen molar-refractivity contribution in [2.24, 2.45) is 0 Å².